The molecular weight excluding hydrogens is 334 g/mol. The minimum atomic E-state index is -0.625. The number of rotatable bonds is 3. The van der Waals surface area contributed by atoms with Crippen molar-refractivity contribution in [3.63, 3.8) is 0 Å². The smallest absolute Gasteiger partial charge is 0.316 e. The zero-order chi connectivity index (χ0) is 17.9. The molecule has 7 heteroatoms. The summed E-state index contributed by atoms with van der Waals surface area (Å²) in [5.41, 5.74) is 0. The Hall–Kier alpha value is -2.83. The third kappa shape index (κ3) is 3.42. The monoisotopic (exact) mass is 355 g/mol. The number of hydrogen-bond acceptors (Lipinski definition) is 6. The number of piperidine rings is 1. The predicted molar refractivity (Wildman–Crippen MR) is 93.2 cm³/mol. The van der Waals surface area contributed by atoms with Crippen molar-refractivity contribution in [2.45, 2.75) is 38.1 Å². The summed E-state index contributed by atoms with van der Waals surface area (Å²) in [6.45, 7) is 3.09. The maximum Gasteiger partial charge on any atom is 0.316 e. The molecule has 1 amide bonds. The molecule has 1 aromatic heterocycles. The van der Waals surface area contributed by atoms with Gasteiger partial charge in [0.25, 0.3) is 5.91 Å². The average molecular weight is 355 g/mol. The van der Waals surface area contributed by atoms with Crippen molar-refractivity contribution in [1.29, 1.82) is 0 Å². The summed E-state index contributed by atoms with van der Waals surface area (Å²) in [6, 6.07) is 9.56. The van der Waals surface area contributed by atoms with E-state index in [-0.39, 0.29) is 18.1 Å². The molecule has 0 radical (unpaired) electrons. The molecule has 0 aliphatic carbocycles. The normalized spacial score (nSPS) is 22.7. The fourth-order valence-corrected chi connectivity index (χ4v) is 3.26. The average Bonchev–Trinajstić information content (AvgIpc) is 2.68. The first-order valence-electron chi connectivity index (χ1n) is 8.85. The van der Waals surface area contributed by atoms with Crippen molar-refractivity contribution in [3.05, 3.63) is 42.7 Å². The van der Waals surface area contributed by atoms with Crippen LogP contribution in [0.1, 0.15) is 19.8 Å². The molecule has 7 nitrogen and oxygen atoms in total. The highest BCUT2D eigenvalue weighted by Crippen LogP contribution is 2.34. The minimum Gasteiger partial charge on any atom is -0.482 e. The van der Waals surface area contributed by atoms with Crippen LogP contribution in [-0.4, -0.2) is 52.2 Å². The second-order valence-corrected chi connectivity index (χ2v) is 6.48. The van der Waals surface area contributed by atoms with E-state index in [9.17, 15) is 4.79 Å². The van der Waals surface area contributed by atoms with Crippen LogP contribution in [0.15, 0.2) is 42.7 Å². The number of likely N-dealkylation sites (tertiary alicyclic amines) is 1. The number of ether oxygens (including phenoxy) is 3. The van der Waals surface area contributed by atoms with E-state index in [1.54, 1.807) is 18.5 Å². The number of para-hydroxylation sites is 2. The molecule has 2 atom stereocenters. The van der Waals surface area contributed by atoms with E-state index < -0.39 is 6.10 Å². The third-order valence-electron chi connectivity index (χ3n) is 4.65. The summed E-state index contributed by atoms with van der Waals surface area (Å²) in [7, 11) is 0. The van der Waals surface area contributed by atoms with Gasteiger partial charge in [0.2, 0.25) is 6.10 Å². The van der Waals surface area contributed by atoms with Crippen LogP contribution in [0, 0.1) is 0 Å². The first-order valence-corrected chi connectivity index (χ1v) is 8.85. The maximum atomic E-state index is 12.9. The fraction of sp³-hybridized carbons (Fsp3) is 0.421. The number of carbonyl (C=O) groups excluding carboxylic acids is 1. The van der Waals surface area contributed by atoms with Gasteiger partial charge in [0.1, 0.15) is 12.2 Å². The van der Waals surface area contributed by atoms with E-state index in [2.05, 4.69) is 9.97 Å². The second kappa shape index (κ2) is 7.19. The van der Waals surface area contributed by atoms with Gasteiger partial charge in [0.15, 0.2) is 11.5 Å². The standard InChI is InChI=1S/C19H21N3O4/c1-13-17(26-16-6-3-2-5-15(16)24-13)18(23)22-11-7-14(8-12-22)25-19-20-9-4-10-21-19/h2-6,9-10,13-14,17H,7-8,11-12H2,1H3. The van der Waals surface area contributed by atoms with E-state index in [1.165, 1.54) is 0 Å². The Balaban J connectivity index is 1.35. The van der Waals surface area contributed by atoms with E-state index in [0.717, 1.165) is 12.8 Å². The number of carbonyl (C=O) groups is 1. The lowest BCUT2D eigenvalue weighted by Gasteiger charge is -2.37. The van der Waals surface area contributed by atoms with Gasteiger partial charge in [-0.1, -0.05) is 12.1 Å². The highest BCUT2D eigenvalue weighted by molar-refractivity contribution is 5.82. The van der Waals surface area contributed by atoms with Gasteiger partial charge in [-0.3, -0.25) is 4.79 Å². The Morgan fingerprint density at radius 3 is 2.42 bits per heavy atom. The topological polar surface area (TPSA) is 73.8 Å². The molecule has 2 aliphatic heterocycles. The Bertz CT molecular complexity index is 762. The van der Waals surface area contributed by atoms with Crippen LogP contribution in [-0.2, 0) is 4.79 Å². The van der Waals surface area contributed by atoms with Crippen molar-refractivity contribution in [2.24, 2.45) is 0 Å². The van der Waals surface area contributed by atoms with Crippen LogP contribution >= 0.6 is 0 Å². The molecule has 1 saturated heterocycles. The third-order valence-corrected chi connectivity index (χ3v) is 4.65. The van der Waals surface area contributed by atoms with Crippen molar-refractivity contribution in [2.75, 3.05) is 13.1 Å². The van der Waals surface area contributed by atoms with Crippen LogP contribution in [0.2, 0.25) is 0 Å². The lowest BCUT2D eigenvalue weighted by molar-refractivity contribution is -0.146. The van der Waals surface area contributed by atoms with Crippen molar-refractivity contribution < 1.29 is 19.0 Å². The van der Waals surface area contributed by atoms with Crippen molar-refractivity contribution in [3.8, 4) is 17.5 Å². The Morgan fingerprint density at radius 1 is 1.08 bits per heavy atom. The number of aromatic nitrogens is 2. The maximum absolute atomic E-state index is 12.9. The lowest BCUT2D eigenvalue weighted by Crippen LogP contribution is -2.53. The van der Waals surface area contributed by atoms with Crippen LogP contribution < -0.4 is 14.2 Å². The summed E-state index contributed by atoms with van der Waals surface area (Å²) in [5, 5.41) is 0. The number of nitrogens with zero attached hydrogens (tertiary/aromatic N) is 3. The zero-order valence-electron chi connectivity index (χ0n) is 14.6. The summed E-state index contributed by atoms with van der Waals surface area (Å²) >= 11 is 0. The zero-order valence-corrected chi connectivity index (χ0v) is 14.6. The highest BCUT2D eigenvalue weighted by Gasteiger charge is 2.38. The number of benzene rings is 1. The molecule has 1 fully saturated rings. The molecular formula is C19H21N3O4. The Labute approximate surface area is 151 Å². The molecule has 136 valence electrons. The van der Waals surface area contributed by atoms with Gasteiger partial charge < -0.3 is 19.1 Å². The fourth-order valence-electron chi connectivity index (χ4n) is 3.26. The lowest BCUT2D eigenvalue weighted by atomic mass is 10.1. The number of hydrogen-bond donors (Lipinski definition) is 0. The second-order valence-electron chi connectivity index (χ2n) is 6.48. The van der Waals surface area contributed by atoms with E-state index in [0.29, 0.717) is 30.6 Å². The molecule has 0 bridgehead atoms. The molecule has 0 N–H and O–H groups in total. The number of amides is 1. The summed E-state index contributed by atoms with van der Waals surface area (Å²) < 4.78 is 17.5. The van der Waals surface area contributed by atoms with Crippen molar-refractivity contribution >= 4 is 5.91 Å². The number of fused-ring (bicyclic) bond motifs is 1. The molecule has 4 rings (SSSR count). The molecule has 2 aromatic rings. The van der Waals surface area contributed by atoms with E-state index in [4.69, 9.17) is 14.2 Å². The first-order chi connectivity index (χ1) is 12.7. The Kier molecular flexibility index (Phi) is 4.60. The minimum absolute atomic E-state index is 0.0168. The van der Waals surface area contributed by atoms with Gasteiger partial charge in [0, 0.05) is 38.3 Å². The van der Waals surface area contributed by atoms with Crippen molar-refractivity contribution in [1.82, 2.24) is 14.9 Å². The first kappa shape index (κ1) is 16.6. The van der Waals surface area contributed by atoms with Gasteiger partial charge in [-0.15, -0.1) is 0 Å². The molecule has 2 unspecified atom stereocenters. The molecule has 26 heavy (non-hydrogen) atoms. The predicted octanol–water partition coefficient (Wildman–Crippen LogP) is 2.07. The van der Waals surface area contributed by atoms with Gasteiger partial charge in [-0.05, 0) is 25.1 Å². The van der Waals surface area contributed by atoms with Gasteiger partial charge in [-0.25, -0.2) is 9.97 Å². The van der Waals surface area contributed by atoms with Gasteiger partial charge >= 0.3 is 6.01 Å². The molecule has 0 spiro atoms. The van der Waals surface area contributed by atoms with Crippen LogP contribution in [0.4, 0.5) is 0 Å². The molecule has 2 aliphatic rings. The van der Waals surface area contributed by atoms with E-state index >= 15 is 0 Å². The molecule has 1 aromatic carbocycles. The van der Waals surface area contributed by atoms with Gasteiger partial charge in [-0.2, -0.15) is 0 Å². The summed E-state index contributed by atoms with van der Waals surface area (Å²) in [6.07, 6.45) is 3.85. The van der Waals surface area contributed by atoms with Crippen LogP contribution in [0.3, 0.4) is 0 Å². The highest BCUT2D eigenvalue weighted by atomic mass is 16.6. The van der Waals surface area contributed by atoms with Crippen LogP contribution in [0.25, 0.3) is 0 Å². The summed E-state index contributed by atoms with van der Waals surface area (Å²) in [5.74, 6) is 1.25. The summed E-state index contributed by atoms with van der Waals surface area (Å²) in [4.78, 5) is 22.9. The molecule has 0 saturated carbocycles. The van der Waals surface area contributed by atoms with Crippen LogP contribution in [0.5, 0.6) is 17.5 Å². The van der Waals surface area contributed by atoms with E-state index in [1.807, 2.05) is 36.1 Å². The molecule has 3 heterocycles. The van der Waals surface area contributed by atoms with Gasteiger partial charge in [0.05, 0.1) is 0 Å². The Morgan fingerprint density at radius 2 is 1.73 bits per heavy atom. The SMILES string of the molecule is CC1Oc2ccccc2OC1C(=O)N1CCC(Oc2ncccn2)CC1. The quantitative estimate of drug-likeness (QED) is 0.839. The largest absolute Gasteiger partial charge is 0.482 e.